The first-order valence-corrected chi connectivity index (χ1v) is 5.37. The quantitative estimate of drug-likeness (QED) is 0.604. The van der Waals surface area contributed by atoms with Crippen LogP contribution in [0.3, 0.4) is 0 Å². The van der Waals surface area contributed by atoms with Crippen LogP contribution in [0.2, 0.25) is 0 Å². The molecule has 0 aromatic heterocycles. The third-order valence-corrected chi connectivity index (χ3v) is 2.85. The van der Waals surface area contributed by atoms with Crippen molar-refractivity contribution >= 4 is 46.0 Å². The predicted molar refractivity (Wildman–Crippen MR) is 59.4 cm³/mol. The average Bonchev–Trinajstić information content (AvgIpc) is 2.70. The molecule has 0 radical (unpaired) electrons. The Kier molecular flexibility index (Phi) is 4.28. The average molecular weight is 249 g/mol. The van der Waals surface area contributed by atoms with Gasteiger partial charge in [0, 0.05) is 0 Å². The summed E-state index contributed by atoms with van der Waals surface area (Å²) in [7, 11) is 0. The molecule has 15 heavy (non-hydrogen) atoms. The van der Waals surface area contributed by atoms with Crippen LogP contribution in [0, 0.1) is 0 Å². The molecule has 82 valence electrons. The second-order valence-corrected chi connectivity index (χ2v) is 4.33. The minimum atomic E-state index is -0.0671. The van der Waals surface area contributed by atoms with Crippen molar-refractivity contribution in [3.05, 3.63) is 0 Å². The number of rotatable bonds is 0. The van der Waals surface area contributed by atoms with Gasteiger partial charge in [-0.1, -0.05) is 16.8 Å². The maximum atomic E-state index is 10.6. The van der Waals surface area contributed by atoms with E-state index in [1.807, 2.05) is 0 Å². The third kappa shape index (κ3) is 3.32. The van der Waals surface area contributed by atoms with Gasteiger partial charge in [-0.05, 0) is 25.8 Å². The van der Waals surface area contributed by atoms with Gasteiger partial charge in [-0.15, -0.1) is 0 Å². The molecule has 1 unspecified atom stereocenters. The molecule has 0 bridgehead atoms. The summed E-state index contributed by atoms with van der Waals surface area (Å²) >= 11 is 6.56. The molecule has 0 amide bonds. The van der Waals surface area contributed by atoms with Crippen molar-refractivity contribution in [3.8, 4) is 0 Å². The minimum Gasteiger partial charge on any atom is -0.387 e. The molecule has 7 heteroatoms. The number of hydrogen-bond donors (Lipinski definition) is 0. The fourth-order valence-corrected chi connectivity index (χ4v) is 1.62. The van der Waals surface area contributed by atoms with Crippen LogP contribution in [-0.2, 0) is 14.4 Å². The molecule has 0 spiro atoms. The van der Waals surface area contributed by atoms with E-state index in [4.69, 9.17) is 11.6 Å². The first kappa shape index (κ1) is 12.2. The zero-order chi connectivity index (χ0) is 11.4. The van der Waals surface area contributed by atoms with Crippen molar-refractivity contribution in [2.24, 2.45) is 9.55 Å². The molecule has 2 aliphatic rings. The Bertz CT molecular complexity index is 354. The number of oxime groups is 1. The van der Waals surface area contributed by atoms with Gasteiger partial charge in [0.1, 0.15) is 5.71 Å². The molecular formula is C8H9ClN2O3S. The highest BCUT2D eigenvalue weighted by Gasteiger charge is 2.24. The maximum absolute atomic E-state index is 10.6. The van der Waals surface area contributed by atoms with Crippen LogP contribution < -0.4 is 0 Å². The lowest BCUT2D eigenvalue weighted by Crippen LogP contribution is -2.12. The Hall–Kier alpha value is -0.880. The number of nitrogens with zero attached hydrogens (tertiary/aromatic N) is 2. The van der Waals surface area contributed by atoms with E-state index in [1.165, 1.54) is 11.9 Å². The summed E-state index contributed by atoms with van der Waals surface area (Å²) in [6.07, 6.45) is 0. The van der Waals surface area contributed by atoms with Crippen LogP contribution in [0.1, 0.15) is 13.8 Å². The Morgan fingerprint density at radius 1 is 1.53 bits per heavy atom. The van der Waals surface area contributed by atoms with Crippen LogP contribution in [-0.4, -0.2) is 34.3 Å². The van der Waals surface area contributed by atoms with E-state index in [-0.39, 0.29) is 28.6 Å². The normalized spacial score (nSPS) is 24.1. The monoisotopic (exact) mass is 248 g/mol. The van der Waals surface area contributed by atoms with Gasteiger partial charge < -0.3 is 4.84 Å². The summed E-state index contributed by atoms with van der Waals surface area (Å²) < 4.78 is 3.65. The molecule has 2 heterocycles. The molecule has 0 aromatic carbocycles. The van der Waals surface area contributed by atoms with E-state index in [0.29, 0.717) is 5.71 Å². The second-order valence-electron chi connectivity index (χ2n) is 2.87. The van der Waals surface area contributed by atoms with Crippen molar-refractivity contribution in [3.63, 3.8) is 0 Å². The highest BCUT2D eigenvalue weighted by Crippen LogP contribution is 2.22. The lowest BCUT2D eigenvalue weighted by molar-refractivity contribution is -0.115. The van der Waals surface area contributed by atoms with Gasteiger partial charge in [-0.25, -0.2) is 0 Å². The van der Waals surface area contributed by atoms with Crippen molar-refractivity contribution in [1.82, 2.24) is 0 Å². The van der Waals surface area contributed by atoms with E-state index in [9.17, 15) is 9.59 Å². The Morgan fingerprint density at radius 3 is 2.33 bits per heavy atom. The fraction of sp³-hybridized carbons (Fsp3) is 0.500. The number of carbonyl (C=O) groups excluding carboxylic acids is 2. The third-order valence-electron chi connectivity index (χ3n) is 1.66. The van der Waals surface area contributed by atoms with Crippen LogP contribution in [0.5, 0.6) is 0 Å². The van der Waals surface area contributed by atoms with Gasteiger partial charge in [-0.2, -0.15) is 4.40 Å². The van der Waals surface area contributed by atoms with Crippen LogP contribution in [0.4, 0.5) is 0 Å². The van der Waals surface area contributed by atoms with Crippen molar-refractivity contribution in [2.45, 2.75) is 19.1 Å². The Labute approximate surface area is 96.0 Å². The van der Waals surface area contributed by atoms with Crippen molar-refractivity contribution in [1.29, 1.82) is 0 Å². The van der Waals surface area contributed by atoms with Crippen LogP contribution >= 0.6 is 23.5 Å². The van der Waals surface area contributed by atoms with Gasteiger partial charge in [0.2, 0.25) is 11.6 Å². The molecule has 0 N–H and O–H groups in total. The van der Waals surface area contributed by atoms with Gasteiger partial charge >= 0.3 is 0 Å². The van der Waals surface area contributed by atoms with E-state index in [1.54, 1.807) is 13.8 Å². The Morgan fingerprint density at radius 2 is 2.20 bits per heavy atom. The molecule has 0 fully saturated rings. The first-order valence-electron chi connectivity index (χ1n) is 4.15. The van der Waals surface area contributed by atoms with E-state index < -0.39 is 0 Å². The van der Waals surface area contributed by atoms with E-state index >= 15 is 0 Å². The number of Topliss-reactive ketones (excluding diaryl/α,β-unsaturated/α-hetero) is 2. The summed E-state index contributed by atoms with van der Waals surface area (Å²) in [4.78, 5) is 25.3. The molecular weight excluding hydrogens is 240 g/mol. The smallest absolute Gasteiger partial charge is 0.220 e. The molecule has 0 saturated heterocycles. The van der Waals surface area contributed by atoms with E-state index in [0.717, 1.165) is 0 Å². The number of ketones is 2. The molecule has 0 aromatic rings. The van der Waals surface area contributed by atoms with Gasteiger partial charge in [-0.3, -0.25) is 9.59 Å². The van der Waals surface area contributed by atoms with E-state index in [2.05, 4.69) is 14.4 Å². The molecule has 5 nitrogen and oxygen atoms in total. The van der Waals surface area contributed by atoms with Gasteiger partial charge in [0.25, 0.3) is 0 Å². The van der Waals surface area contributed by atoms with Gasteiger partial charge in [0.05, 0.1) is 5.25 Å². The van der Waals surface area contributed by atoms with Crippen LogP contribution in [0.25, 0.3) is 0 Å². The molecule has 2 rings (SSSR count). The topological polar surface area (TPSA) is 68.1 Å². The highest BCUT2D eigenvalue weighted by atomic mass is 35.5. The second kappa shape index (κ2) is 5.27. The summed E-state index contributed by atoms with van der Waals surface area (Å²) in [6.45, 7) is 3.55. The first-order chi connectivity index (χ1) is 7.02. The summed E-state index contributed by atoms with van der Waals surface area (Å²) in [5, 5.41) is 3.44. The van der Waals surface area contributed by atoms with Crippen LogP contribution in [0.15, 0.2) is 9.55 Å². The standard InChI is InChI=1S/C4H4ClNOS.C4H5NO2/c1-2-3(7)4(5)6-8-2;1-3-4(6)2-7-5-3/h2H,1H3;2H2,1H3. The number of hydrogen-bond acceptors (Lipinski definition) is 6. The Balaban J connectivity index is 0.000000151. The zero-order valence-corrected chi connectivity index (χ0v) is 9.76. The molecule has 0 saturated carbocycles. The number of carbonyl (C=O) groups is 2. The van der Waals surface area contributed by atoms with Crippen molar-refractivity contribution in [2.75, 3.05) is 6.61 Å². The zero-order valence-electron chi connectivity index (χ0n) is 8.19. The largest absolute Gasteiger partial charge is 0.387 e. The summed E-state index contributed by atoms with van der Waals surface area (Å²) in [6, 6.07) is 0. The maximum Gasteiger partial charge on any atom is 0.220 e. The lowest BCUT2D eigenvalue weighted by atomic mass is 10.3. The molecule has 0 aliphatic carbocycles. The fourth-order valence-electron chi connectivity index (χ4n) is 0.729. The lowest BCUT2D eigenvalue weighted by Gasteiger charge is -1.89. The molecule has 1 atom stereocenters. The SMILES string of the molecule is CC1=NOCC1=O.CC1SN=C(Cl)C1=O. The van der Waals surface area contributed by atoms with Gasteiger partial charge in [0.15, 0.2) is 11.8 Å². The summed E-state index contributed by atoms with van der Waals surface area (Å²) in [5.41, 5.74) is 0.472. The molecule has 2 aliphatic heterocycles. The highest BCUT2D eigenvalue weighted by molar-refractivity contribution is 8.00. The summed E-state index contributed by atoms with van der Waals surface area (Å²) in [5.74, 6) is -0.0725. The number of halogens is 1. The predicted octanol–water partition coefficient (Wildman–Crippen LogP) is 1.20. The van der Waals surface area contributed by atoms with Crippen molar-refractivity contribution < 1.29 is 14.4 Å². The minimum absolute atomic E-state index is 0.0139.